The van der Waals surface area contributed by atoms with Crippen LogP contribution in [0.2, 0.25) is 5.02 Å². The number of aryl methyl sites for hydroxylation is 1. The molecule has 0 saturated carbocycles. The summed E-state index contributed by atoms with van der Waals surface area (Å²) in [4.78, 5) is 29.3. The largest absolute Gasteiger partial charge is 0.392 e. The van der Waals surface area contributed by atoms with Gasteiger partial charge < -0.3 is 10.4 Å². The second-order valence-electron chi connectivity index (χ2n) is 6.26. The first kappa shape index (κ1) is 18.2. The van der Waals surface area contributed by atoms with Crippen molar-refractivity contribution in [3.05, 3.63) is 55.7 Å². The lowest BCUT2D eigenvalue weighted by molar-refractivity contribution is 0.208. The predicted octanol–water partition coefficient (Wildman–Crippen LogP) is 0.928. The lowest BCUT2D eigenvalue weighted by atomic mass is 10.2. The second-order valence-corrected chi connectivity index (χ2v) is 6.69. The molecular formula is C17H20ClN5O3. The Hall–Kier alpha value is -2.58. The van der Waals surface area contributed by atoms with Gasteiger partial charge in [0.1, 0.15) is 0 Å². The molecule has 0 spiro atoms. The van der Waals surface area contributed by atoms with E-state index in [2.05, 4.69) is 10.3 Å². The van der Waals surface area contributed by atoms with Crippen molar-refractivity contribution in [2.24, 2.45) is 14.1 Å². The van der Waals surface area contributed by atoms with Crippen molar-refractivity contribution in [1.29, 1.82) is 0 Å². The van der Waals surface area contributed by atoms with Crippen molar-refractivity contribution in [3.8, 4) is 0 Å². The summed E-state index contributed by atoms with van der Waals surface area (Å²) in [6.07, 6.45) is -0.592. The van der Waals surface area contributed by atoms with Crippen LogP contribution in [-0.2, 0) is 20.6 Å². The van der Waals surface area contributed by atoms with E-state index in [0.717, 1.165) is 10.1 Å². The van der Waals surface area contributed by atoms with E-state index in [1.54, 1.807) is 30.7 Å². The smallest absolute Gasteiger partial charge is 0.332 e. The third-order valence-corrected chi connectivity index (χ3v) is 4.41. The predicted molar refractivity (Wildman–Crippen MR) is 101 cm³/mol. The first-order valence-corrected chi connectivity index (χ1v) is 8.50. The number of nitrogens with zero attached hydrogens (tertiary/aromatic N) is 4. The van der Waals surface area contributed by atoms with E-state index in [0.29, 0.717) is 28.7 Å². The number of nitrogens with one attached hydrogen (secondary N) is 1. The summed E-state index contributed by atoms with van der Waals surface area (Å²) in [5, 5.41) is 13.2. The highest BCUT2D eigenvalue weighted by atomic mass is 35.5. The quantitative estimate of drug-likeness (QED) is 0.689. The van der Waals surface area contributed by atoms with Crippen LogP contribution in [0.25, 0.3) is 11.2 Å². The standard InChI is InChI=1S/C17H20ClN5O3/c1-10(24)8-19-16-20-14-13(15(25)22(3)17(26)21(14)2)23(16)9-11-4-6-12(18)7-5-11/h4-7,10,24H,8-9H2,1-3H3,(H,19,20)/t10-/m1/s1. The molecule has 2 aromatic heterocycles. The van der Waals surface area contributed by atoms with E-state index in [9.17, 15) is 14.7 Å². The Morgan fingerprint density at radius 2 is 1.85 bits per heavy atom. The molecule has 0 bridgehead atoms. The van der Waals surface area contributed by atoms with Gasteiger partial charge in [-0.1, -0.05) is 23.7 Å². The monoisotopic (exact) mass is 377 g/mol. The second kappa shape index (κ2) is 6.97. The molecule has 0 fully saturated rings. The molecule has 8 nitrogen and oxygen atoms in total. The van der Waals surface area contributed by atoms with Gasteiger partial charge in [-0.05, 0) is 24.6 Å². The number of imidazole rings is 1. The molecule has 1 aromatic carbocycles. The van der Waals surface area contributed by atoms with Crippen molar-refractivity contribution >= 4 is 28.7 Å². The molecule has 0 aliphatic carbocycles. The molecule has 0 unspecified atom stereocenters. The van der Waals surface area contributed by atoms with E-state index < -0.39 is 17.4 Å². The fraction of sp³-hybridized carbons (Fsp3) is 0.353. The molecule has 3 rings (SSSR count). The third kappa shape index (κ3) is 3.25. The number of aromatic nitrogens is 4. The Kier molecular flexibility index (Phi) is 4.88. The van der Waals surface area contributed by atoms with Crippen LogP contribution >= 0.6 is 11.6 Å². The van der Waals surface area contributed by atoms with Crippen LogP contribution in [0.15, 0.2) is 33.9 Å². The van der Waals surface area contributed by atoms with Crippen molar-refractivity contribution < 1.29 is 5.11 Å². The first-order chi connectivity index (χ1) is 12.3. The van der Waals surface area contributed by atoms with Gasteiger partial charge in [0.2, 0.25) is 5.95 Å². The maximum absolute atomic E-state index is 12.7. The Balaban J connectivity index is 2.22. The highest BCUT2D eigenvalue weighted by molar-refractivity contribution is 6.30. The number of hydrogen-bond donors (Lipinski definition) is 2. The Bertz CT molecular complexity index is 1060. The number of anilines is 1. The number of fused-ring (bicyclic) bond motifs is 1. The maximum Gasteiger partial charge on any atom is 0.332 e. The minimum atomic E-state index is -0.592. The van der Waals surface area contributed by atoms with Crippen LogP contribution in [0.5, 0.6) is 0 Å². The average Bonchev–Trinajstić information content (AvgIpc) is 2.96. The molecule has 2 heterocycles. The molecule has 0 amide bonds. The van der Waals surface area contributed by atoms with Gasteiger partial charge in [-0.15, -0.1) is 0 Å². The Morgan fingerprint density at radius 3 is 2.46 bits per heavy atom. The van der Waals surface area contributed by atoms with Gasteiger partial charge in [0, 0.05) is 25.7 Å². The molecule has 9 heteroatoms. The minimum Gasteiger partial charge on any atom is -0.392 e. The van der Waals surface area contributed by atoms with Crippen molar-refractivity contribution in [1.82, 2.24) is 18.7 Å². The van der Waals surface area contributed by atoms with Crippen LogP contribution in [0.4, 0.5) is 5.95 Å². The summed E-state index contributed by atoms with van der Waals surface area (Å²) in [6.45, 7) is 2.27. The van der Waals surface area contributed by atoms with Crippen LogP contribution in [0.1, 0.15) is 12.5 Å². The fourth-order valence-electron chi connectivity index (χ4n) is 2.75. The highest BCUT2D eigenvalue weighted by Gasteiger charge is 2.19. The molecule has 1 atom stereocenters. The third-order valence-electron chi connectivity index (χ3n) is 4.16. The van der Waals surface area contributed by atoms with E-state index >= 15 is 0 Å². The fourth-order valence-corrected chi connectivity index (χ4v) is 2.87. The molecule has 3 aromatic rings. The first-order valence-electron chi connectivity index (χ1n) is 8.12. The summed E-state index contributed by atoms with van der Waals surface area (Å²) in [6, 6.07) is 7.26. The summed E-state index contributed by atoms with van der Waals surface area (Å²) in [5.74, 6) is 0.411. The molecule has 0 saturated heterocycles. The van der Waals surface area contributed by atoms with E-state index in [1.165, 1.54) is 11.6 Å². The molecule has 0 aliphatic heterocycles. The molecule has 2 N–H and O–H groups in total. The van der Waals surface area contributed by atoms with Gasteiger partial charge in [0.25, 0.3) is 5.56 Å². The van der Waals surface area contributed by atoms with Gasteiger partial charge in [0.15, 0.2) is 11.2 Å². The molecule has 138 valence electrons. The van der Waals surface area contributed by atoms with Crippen molar-refractivity contribution in [3.63, 3.8) is 0 Å². The SMILES string of the molecule is C[C@@H](O)CNc1nc2c(c(=O)n(C)c(=O)n2C)n1Cc1ccc(Cl)cc1. The van der Waals surface area contributed by atoms with Gasteiger partial charge in [-0.2, -0.15) is 4.98 Å². The van der Waals surface area contributed by atoms with E-state index in [-0.39, 0.29) is 6.54 Å². The Labute approximate surface area is 154 Å². The summed E-state index contributed by atoms with van der Waals surface area (Å²) < 4.78 is 4.10. The van der Waals surface area contributed by atoms with Gasteiger partial charge in [-0.3, -0.25) is 18.5 Å². The van der Waals surface area contributed by atoms with Crippen LogP contribution < -0.4 is 16.6 Å². The van der Waals surface area contributed by atoms with Gasteiger partial charge in [0.05, 0.1) is 12.6 Å². The number of halogens is 1. The molecule has 0 radical (unpaired) electrons. The number of hydrogen-bond acceptors (Lipinski definition) is 5. The van der Waals surface area contributed by atoms with Crippen LogP contribution in [0.3, 0.4) is 0 Å². The zero-order valence-electron chi connectivity index (χ0n) is 14.7. The molecule has 26 heavy (non-hydrogen) atoms. The van der Waals surface area contributed by atoms with Gasteiger partial charge in [-0.25, -0.2) is 4.79 Å². The molecular weight excluding hydrogens is 358 g/mol. The van der Waals surface area contributed by atoms with Crippen LogP contribution in [-0.4, -0.2) is 36.4 Å². The lowest BCUT2D eigenvalue weighted by Crippen LogP contribution is -2.37. The molecule has 0 aliphatic rings. The number of aliphatic hydroxyl groups is 1. The van der Waals surface area contributed by atoms with Crippen LogP contribution in [0, 0.1) is 0 Å². The lowest BCUT2D eigenvalue weighted by Gasteiger charge is -2.12. The summed E-state index contributed by atoms with van der Waals surface area (Å²) >= 11 is 5.94. The number of benzene rings is 1. The average molecular weight is 378 g/mol. The highest BCUT2D eigenvalue weighted by Crippen LogP contribution is 2.19. The summed E-state index contributed by atoms with van der Waals surface area (Å²) in [7, 11) is 3.01. The Morgan fingerprint density at radius 1 is 1.19 bits per heavy atom. The number of aliphatic hydroxyl groups excluding tert-OH is 1. The van der Waals surface area contributed by atoms with Crippen molar-refractivity contribution in [2.45, 2.75) is 19.6 Å². The maximum atomic E-state index is 12.7. The summed E-state index contributed by atoms with van der Waals surface area (Å²) in [5.41, 5.74) is 0.665. The topological polar surface area (TPSA) is 94.1 Å². The van der Waals surface area contributed by atoms with Gasteiger partial charge >= 0.3 is 5.69 Å². The van der Waals surface area contributed by atoms with E-state index in [1.807, 2.05) is 12.1 Å². The normalized spacial score (nSPS) is 12.5. The zero-order chi connectivity index (χ0) is 19.0. The van der Waals surface area contributed by atoms with E-state index in [4.69, 9.17) is 11.6 Å². The zero-order valence-corrected chi connectivity index (χ0v) is 15.5. The number of rotatable bonds is 5. The minimum absolute atomic E-state index is 0.262. The van der Waals surface area contributed by atoms with Crippen molar-refractivity contribution in [2.75, 3.05) is 11.9 Å².